The molecule has 0 spiro atoms. The smallest absolute Gasteiger partial charge is 0.234 e. The zero-order chi connectivity index (χ0) is 10.6. The number of amides is 1. The highest BCUT2D eigenvalue weighted by Crippen LogP contribution is 2.07. The molecule has 13 heavy (non-hydrogen) atoms. The van der Waals surface area contributed by atoms with E-state index in [1.54, 1.807) is 0 Å². The minimum absolute atomic E-state index is 0.000810. The Morgan fingerprint density at radius 2 is 2.08 bits per heavy atom. The lowest BCUT2D eigenvalue weighted by Gasteiger charge is -2.29. The summed E-state index contributed by atoms with van der Waals surface area (Å²) in [5.41, 5.74) is 5.13. The molecule has 0 aromatic rings. The molecule has 0 aliphatic carbocycles. The molecule has 78 valence electrons. The molecule has 0 aromatic heterocycles. The highest BCUT2D eigenvalue weighted by atomic mass is 16.6. The molecule has 5 nitrogen and oxygen atoms in total. The van der Waals surface area contributed by atoms with Crippen molar-refractivity contribution in [3.8, 4) is 0 Å². The van der Waals surface area contributed by atoms with Gasteiger partial charge in [0.1, 0.15) is 0 Å². The molecule has 0 saturated heterocycles. The first-order valence-corrected chi connectivity index (χ1v) is 4.14. The van der Waals surface area contributed by atoms with Gasteiger partial charge in [-0.1, -0.05) is 13.8 Å². The van der Waals surface area contributed by atoms with Crippen LogP contribution in [0.5, 0.6) is 0 Å². The molecule has 0 heterocycles. The van der Waals surface area contributed by atoms with E-state index in [9.17, 15) is 9.90 Å². The van der Waals surface area contributed by atoms with Crippen LogP contribution in [0.2, 0.25) is 0 Å². The first-order valence-electron chi connectivity index (χ1n) is 4.14. The largest absolute Gasteiger partial charge is 0.368 e. The van der Waals surface area contributed by atoms with Crippen molar-refractivity contribution in [1.29, 1.82) is 0 Å². The average Bonchev–Trinajstić information content (AvgIpc) is 1.99. The molecule has 0 aliphatic heterocycles. The topological polar surface area (TPSA) is 84.6 Å². The predicted octanol–water partition coefficient (Wildman–Crippen LogP) is -0.602. The Kier molecular flexibility index (Phi) is 4.32. The molecule has 2 atom stereocenters. The molecular formula is C8H18N2O3. The van der Waals surface area contributed by atoms with Gasteiger partial charge in [0, 0.05) is 14.0 Å². The van der Waals surface area contributed by atoms with Crippen LogP contribution in [-0.4, -0.2) is 30.1 Å². The number of rotatable bonds is 5. The fourth-order valence-corrected chi connectivity index (χ4v) is 0.914. The molecule has 2 unspecified atom stereocenters. The summed E-state index contributed by atoms with van der Waals surface area (Å²) < 4.78 is 4.71. The molecule has 5 heteroatoms. The number of aliphatic hydroxyl groups is 1. The Labute approximate surface area is 78.3 Å². The van der Waals surface area contributed by atoms with Gasteiger partial charge in [-0.3, -0.25) is 10.1 Å². The summed E-state index contributed by atoms with van der Waals surface area (Å²) in [6.07, 6.45) is 0. The van der Waals surface area contributed by atoms with Crippen molar-refractivity contribution in [3.63, 3.8) is 0 Å². The second-order valence-electron chi connectivity index (χ2n) is 3.46. The van der Waals surface area contributed by atoms with E-state index in [4.69, 9.17) is 10.5 Å². The van der Waals surface area contributed by atoms with E-state index in [-0.39, 0.29) is 5.92 Å². The molecule has 0 fully saturated rings. The lowest BCUT2D eigenvalue weighted by molar-refractivity contribution is -0.201. The van der Waals surface area contributed by atoms with Gasteiger partial charge in [-0.15, -0.1) is 0 Å². The number of hydrogen-bond acceptors (Lipinski definition) is 4. The maximum Gasteiger partial charge on any atom is 0.234 e. The van der Waals surface area contributed by atoms with Crippen molar-refractivity contribution >= 4 is 5.91 Å². The minimum atomic E-state index is -1.52. The standard InChI is InChI=1S/C8H18N2O3/c1-5(2)6(7(9)11)10-8(3,12)13-4/h5-6,10,12H,1-4H3,(H2,9,11). The molecule has 0 aromatic carbocycles. The maximum absolute atomic E-state index is 10.9. The average molecular weight is 190 g/mol. The van der Waals surface area contributed by atoms with E-state index < -0.39 is 17.9 Å². The maximum atomic E-state index is 10.9. The summed E-state index contributed by atoms with van der Waals surface area (Å²) in [7, 11) is 1.34. The Bertz CT molecular complexity index is 180. The first-order chi connectivity index (χ1) is 5.80. The number of nitrogens with two attached hydrogens (primary N) is 1. The van der Waals surface area contributed by atoms with Crippen LogP contribution in [0.1, 0.15) is 20.8 Å². The van der Waals surface area contributed by atoms with Crippen molar-refractivity contribution in [3.05, 3.63) is 0 Å². The summed E-state index contributed by atoms with van der Waals surface area (Å²) in [6.45, 7) is 5.06. The SMILES string of the molecule is COC(C)(O)NC(C(N)=O)C(C)C. The van der Waals surface area contributed by atoms with Gasteiger partial charge < -0.3 is 15.6 Å². The third-order valence-electron chi connectivity index (χ3n) is 1.79. The van der Waals surface area contributed by atoms with Gasteiger partial charge in [-0.05, 0) is 5.92 Å². The quantitative estimate of drug-likeness (QED) is 0.505. The van der Waals surface area contributed by atoms with Crippen LogP contribution in [0.15, 0.2) is 0 Å². The molecule has 0 bridgehead atoms. The van der Waals surface area contributed by atoms with Crippen LogP contribution in [0.3, 0.4) is 0 Å². The second kappa shape index (κ2) is 4.55. The van der Waals surface area contributed by atoms with E-state index in [0.29, 0.717) is 0 Å². The Balaban J connectivity index is 4.35. The van der Waals surface area contributed by atoms with Crippen LogP contribution in [0, 0.1) is 5.92 Å². The van der Waals surface area contributed by atoms with E-state index in [1.165, 1.54) is 14.0 Å². The van der Waals surface area contributed by atoms with Crippen LogP contribution < -0.4 is 11.1 Å². The Morgan fingerprint density at radius 3 is 2.31 bits per heavy atom. The lowest BCUT2D eigenvalue weighted by Crippen LogP contribution is -2.56. The third kappa shape index (κ3) is 4.21. The fourth-order valence-electron chi connectivity index (χ4n) is 0.914. The predicted molar refractivity (Wildman–Crippen MR) is 48.6 cm³/mol. The zero-order valence-electron chi connectivity index (χ0n) is 8.50. The molecular weight excluding hydrogens is 172 g/mol. The van der Waals surface area contributed by atoms with Gasteiger partial charge in [0.2, 0.25) is 11.8 Å². The molecule has 0 rings (SSSR count). The van der Waals surface area contributed by atoms with E-state index in [2.05, 4.69) is 5.32 Å². The number of hydrogen-bond donors (Lipinski definition) is 3. The molecule has 0 aliphatic rings. The van der Waals surface area contributed by atoms with Crippen LogP contribution in [0.25, 0.3) is 0 Å². The monoisotopic (exact) mass is 190 g/mol. The Morgan fingerprint density at radius 1 is 1.62 bits per heavy atom. The molecule has 4 N–H and O–H groups in total. The number of methoxy groups -OCH3 is 1. The van der Waals surface area contributed by atoms with Crippen LogP contribution in [0.4, 0.5) is 0 Å². The summed E-state index contributed by atoms with van der Waals surface area (Å²) in [5.74, 6) is -2.03. The van der Waals surface area contributed by atoms with Crippen LogP contribution >= 0.6 is 0 Å². The zero-order valence-corrected chi connectivity index (χ0v) is 8.50. The summed E-state index contributed by atoms with van der Waals surface area (Å²) in [4.78, 5) is 10.9. The van der Waals surface area contributed by atoms with Gasteiger partial charge in [0.25, 0.3) is 0 Å². The number of nitrogens with one attached hydrogen (secondary N) is 1. The van der Waals surface area contributed by atoms with Crippen molar-refractivity contribution in [2.75, 3.05) is 7.11 Å². The van der Waals surface area contributed by atoms with Gasteiger partial charge in [-0.2, -0.15) is 0 Å². The summed E-state index contributed by atoms with van der Waals surface area (Å²) in [6, 6.07) is -0.602. The fraction of sp³-hybridized carbons (Fsp3) is 0.875. The Hall–Kier alpha value is -0.650. The summed E-state index contributed by atoms with van der Waals surface area (Å²) >= 11 is 0. The summed E-state index contributed by atoms with van der Waals surface area (Å²) in [5, 5.41) is 12.1. The van der Waals surface area contributed by atoms with E-state index in [0.717, 1.165) is 0 Å². The second-order valence-corrected chi connectivity index (χ2v) is 3.46. The first kappa shape index (κ1) is 12.3. The van der Waals surface area contributed by atoms with Crippen molar-refractivity contribution in [1.82, 2.24) is 5.32 Å². The number of carbonyl (C=O) groups excluding carboxylic acids is 1. The van der Waals surface area contributed by atoms with Crippen molar-refractivity contribution in [2.45, 2.75) is 32.7 Å². The molecule has 0 radical (unpaired) electrons. The van der Waals surface area contributed by atoms with E-state index >= 15 is 0 Å². The van der Waals surface area contributed by atoms with Gasteiger partial charge in [0.15, 0.2) is 0 Å². The van der Waals surface area contributed by atoms with Gasteiger partial charge >= 0.3 is 0 Å². The number of primary amides is 1. The van der Waals surface area contributed by atoms with Gasteiger partial charge in [-0.25, -0.2) is 0 Å². The molecule has 1 amide bonds. The number of ether oxygens (including phenoxy) is 1. The lowest BCUT2D eigenvalue weighted by atomic mass is 10.0. The van der Waals surface area contributed by atoms with Crippen molar-refractivity contribution in [2.24, 2.45) is 11.7 Å². The molecule has 0 saturated carbocycles. The highest BCUT2D eigenvalue weighted by molar-refractivity contribution is 5.80. The highest BCUT2D eigenvalue weighted by Gasteiger charge is 2.28. The van der Waals surface area contributed by atoms with Crippen LogP contribution in [-0.2, 0) is 9.53 Å². The van der Waals surface area contributed by atoms with Gasteiger partial charge in [0.05, 0.1) is 6.04 Å². The van der Waals surface area contributed by atoms with E-state index in [1.807, 2.05) is 13.8 Å². The number of carbonyl (C=O) groups is 1. The van der Waals surface area contributed by atoms with Crippen molar-refractivity contribution < 1.29 is 14.6 Å². The third-order valence-corrected chi connectivity index (χ3v) is 1.79. The minimum Gasteiger partial charge on any atom is -0.368 e. The normalized spacial score (nSPS) is 18.3.